The number of amides is 1. The molecule has 1 atom stereocenters. The Hall–Kier alpha value is -5.38. The summed E-state index contributed by atoms with van der Waals surface area (Å²) in [6.45, 7) is 1.77. The van der Waals surface area contributed by atoms with Crippen LogP contribution in [0.4, 0.5) is 16.0 Å². The second-order valence-corrected chi connectivity index (χ2v) is 10.2. The van der Waals surface area contributed by atoms with Crippen molar-refractivity contribution >= 4 is 34.2 Å². The summed E-state index contributed by atoms with van der Waals surface area (Å²) >= 11 is 0. The Balaban J connectivity index is 1.39. The Labute approximate surface area is 240 Å². The lowest BCUT2D eigenvalue weighted by atomic mass is 9.98. The van der Waals surface area contributed by atoms with Gasteiger partial charge in [-0.3, -0.25) is 15.0 Å². The number of halogens is 1. The lowest BCUT2D eigenvalue weighted by Gasteiger charge is -2.20. The van der Waals surface area contributed by atoms with Crippen molar-refractivity contribution in [1.82, 2.24) is 15.3 Å². The number of nitrogens with two attached hydrogens (primary N) is 1. The summed E-state index contributed by atoms with van der Waals surface area (Å²) in [5, 5.41) is 15.5. The minimum absolute atomic E-state index is 0.00851. The third-order valence-corrected chi connectivity index (χ3v) is 7.14. The Kier molecular flexibility index (Phi) is 6.95. The molecule has 6 rings (SSSR count). The highest BCUT2D eigenvalue weighted by molar-refractivity contribution is 6.16. The standard InChI is InChI=1S/C32H27FN6O3/c1-17(29-25(18-6-5-9-21(33)15-18)28(40)23-10-2-3-11-24(23)42-29)38-31-26(30(35)36-16-37-31)27(34)19-7-4-8-20(14-19)32(41)39-22-12-13-22/h2-11,14-17,22,34H,12-13H2,1H3,(H,39,41)(H3,35,36,37,38). The van der Waals surface area contributed by atoms with E-state index in [1.807, 2.05) is 0 Å². The normalized spacial score (nSPS) is 13.5. The van der Waals surface area contributed by atoms with E-state index >= 15 is 0 Å². The molecule has 1 saturated carbocycles. The van der Waals surface area contributed by atoms with Crippen molar-refractivity contribution in [2.45, 2.75) is 31.8 Å². The number of para-hydroxylation sites is 1. The number of anilines is 2. The molecule has 3 aromatic carbocycles. The van der Waals surface area contributed by atoms with E-state index in [1.54, 1.807) is 61.5 Å². The molecule has 1 fully saturated rings. The first-order valence-electron chi connectivity index (χ1n) is 13.5. The zero-order chi connectivity index (χ0) is 29.4. The maximum atomic E-state index is 14.2. The number of nitrogens with one attached hydrogen (secondary N) is 3. The summed E-state index contributed by atoms with van der Waals surface area (Å²) in [6, 6.07) is 18.9. The van der Waals surface area contributed by atoms with Crippen molar-refractivity contribution in [1.29, 1.82) is 5.41 Å². The van der Waals surface area contributed by atoms with Gasteiger partial charge < -0.3 is 20.8 Å². The van der Waals surface area contributed by atoms with Crippen molar-refractivity contribution in [3.63, 3.8) is 0 Å². The van der Waals surface area contributed by atoms with Gasteiger partial charge in [0, 0.05) is 17.2 Å². The van der Waals surface area contributed by atoms with Crippen molar-refractivity contribution in [3.05, 3.63) is 118 Å². The van der Waals surface area contributed by atoms with E-state index in [-0.39, 0.29) is 51.6 Å². The summed E-state index contributed by atoms with van der Waals surface area (Å²) in [4.78, 5) is 34.7. The fourth-order valence-electron chi connectivity index (χ4n) is 4.86. The van der Waals surface area contributed by atoms with Crippen LogP contribution in [-0.2, 0) is 0 Å². The molecule has 42 heavy (non-hydrogen) atoms. The van der Waals surface area contributed by atoms with Gasteiger partial charge in [-0.15, -0.1) is 0 Å². The highest BCUT2D eigenvalue weighted by Crippen LogP contribution is 2.32. The lowest BCUT2D eigenvalue weighted by Crippen LogP contribution is -2.25. The second kappa shape index (κ2) is 10.9. The molecule has 0 radical (unpaired) electrons. The van der Waals surface area contributed by atoms with Crippen LogP contribution in [0.25, 0.3) is 22.1 Å². The van der Waals surface area contributed by atoms with Gasteiger partial charge in [0.2, 0.25) is 5.43 Å². The molecule has 1 aliphatic rings. The number of nitrogens with zero attached hydrogens (tertiary/aromatic N) is 2. The number of carbonyl (C=O) groups is 1. The summed E-state index contributed by atoms with van der Waals surface area (Å²) in [5.74, 6) is -0.138. The van der Waals surface area contributed by atoms with E-state index in [1.165, 1.54) is 24.5 Å². The maximum absolute atomic E-state index is 14.2. The van der Waals surface area contributed by atoms with Gasteiger partial charge in [-0.05, 0) is 61.7 Å². The summed E-state index contributed by atoms with van der Waals surface area (Å²) in [7, 11) is 0. The number of nitrogen functional groups attached to an aromatic ring is 1. The maximum Gasteiger partial charge on any atom is 0.251 e. The second-order valence-electron chi connectivity index (χ2n) is 10.2. The predicted octanol–water partition coefficient (Wildman–Crippen LogP) is 5.45. The minimum Gasteiger partial charge on any atom is -0.458 e. The molecule has 1 amide bonds. The molecule has 0 bridgehead atoms. The first-order chi connectivity index (χ1) is 20.3. The van der Waals surface area contributed by atoms with E-state index in [9.17, 15) is 14.0 Å². The third-order valence-electron chi connectivity index (χ3n) is 7.14. The van der Waals surface area contributed by atoms with Gasteiger partial charge in [0.05, 0.1) is 28.3 Å². The van der Waals surface area contributed by atoms with Gasteiger partial charge in [-0.2, -0.15) is 0 Å². The van der Waals surface area contributed by atoms with Gasteiger partial charge in [-0.25, -0.2) is 14.4 Å². The molecule has 0 saturated heterocycles. The lowest BCUT2D eigenvalue weighted by molar-refractivity contribution is 0.0951. The topological polar surface area (TPSA) is 147 Å². The fraction of sp³-hybridized carbons (Fsp3) is 0.156. The summed E-state index contributed by atoms with van der Waals surface area (Å²) in [6.07, 6.45) is 3.19. The molecule has 2 heterocycles. The average molecular weight is 563 g/mol. The van der Waals surface area contributed by atoms with E-state index in [2.05, 4.69) is 20.6 Å². The van der Waals surface area contributed by atoms with Crippen molar-refractivity contribution in [2.24, 2.45) is 0 Å². The van der Waals surface area contributed by atoms with Gasteiger partial charge in [0.1, 0.15) is 35.1 Å². The van der Waals surface area contributed by atoms with Crippen LogP contribution in [0.5, 0.6) is 0 Å². The summed E-state index contributed by atoms with van der Waals surface area (Å²) < 4.78 is 20.5. The van der Waals surface area contributed by atoms with Gasteiger partial charge in [0.25, 0.3) is 5.91 Å². The highest BCUT2D eigenvalue weighted by Gasteiger charge is 2.26. The smallest absolute Gasteiger partial charge is 0.251 e. The molecule has 5 aromatic rings. The SMILES string of the molecule is CC(Nc1ncnc(N)c1C(=N)c1cccc(C(=O)NC2CC2)c1)c1oc2ccccc2c(=O)c1-c1cccc(F)c1. The van der Waals surface area contributed by atoms with Crippen LogP contribution in [0.2, 0.25) is 0 Å². The number of aromatic nitrogens is 2. The molecule has 1 aliphatic carbocycles. The first-order valence-corrected chi connectivity index (χ1v) is 13.5. The van der Waals surface area contributed by atoms with Crippen LogP contribution in [0, 0.1) is 11.2 Å². The molecular formula is C32H27FN6O3. The number of hydrogen-bond donors (Lipinski definition) is 4. The molecule has 10 heteroatoms. The molecule has 0 spiro atoms. The van der Waals surface area contributed by atoms with Crippen molar-refractivity contribution < 1.29 is 13.6 Å². The number of fused-ring (bicyclic) bond motifs is 1. The molecule has 2 aromatic heterocycles. The van der Waals surface area contributed by atoms with Crippen LogP contribution < -0.4 is 21.8 Å². The zero-order valence-electron chi connectivity index (χ0n) is 22.6. The number of rotatable bonds is 8. The van der Waals surface area contributed by atoms with E-state index in [4.69, 9.17) is 15.6 Å². The highest BCUT2D eigenvalue weighted by atomic mass is 19.1. The Morgan fingerprint density at radius 1 is 1.05 bits per heavy atom. The summed E-state index contributed by atoms with van der Waals surface area (Å²) in [5.41, 5.74) is 8.02. The molecule has 0 aliphatic heterocycles. The van der Waals surface area contributed by atoms with Crippen LogP contribution in [-0.4, -0.2) is 27.6 Å². The van der Waals surface area contributed by atoms with E-state index in [0.29, 0.717) is 27.7 Å². The molecule has 5 N–H and O–H groups in total. The largest absolute Gasteiger partial charge is 0.458 e. The van der Waals surface area contributed by atoms with Crippen molar-refractivity contribution in [3.8, 4) is 11.1 Å². The predicted molar refractivity (Wildman–Crippen MR) is 159 cm³/mol. The van der Waals surface area contributed by atoms with E-state index in [0.717, 1.165) is 12.8 Å². The van der Waals surface area contributed by atoms with E-state index < -0.39 is 11.9 Å². The van der Waals surface area contributed by atoms with Crippen molar-refractivity contribution in [2.75, 3.05) is 11.1 Å². The average Bonchev–Trinajstić information content (AvgIpc) is 3.81. The van der Waals surface area contributed by atoms with Crippen LogP contribution >= 0.6 is 0 Å². The third kappa shape index (κ3) is 5.22. The van der Waals surface area contributed by atoms with Gasteiger partial charge in [-0.1, -0.05) is 36.4 Å². The monoisotopic (exact) mass is 562 g/mol. The zero-order valence-corrected chi connectivity index (χ0v) is 22.6. The molecule has 210 valence electrons. The Bertz CT molecular complexity index is 1920. The molecular weight excluding hydrogens is 535 g/mol. The molecule has 1 unspecified atom stereocenters. The Morgan fingerprint density at radius 3 is 2.60 bits per heavy atom. The van der Waals surface area contributed by atoms with Crippen LogP contribution in [0.15, 0.2) is 88.3 Å². The minimum atomic E-state index is -0.669. The molecule has 9 nitrogen and oxygen atoms in total. The Morgan fingerprint density at radius 2 is 1.81 bits per heavy atom. The number of benzene rings is 3. The number of hydrogen-bond acceptors (Lipinski definition) is 8. The van der Waals surface area contributed by atoms with Crippen LogP contribution in [0.1, 0.15) is 53.1 Å². The van der Waals surface area contributed by atoms with Crippen LogP contribution in [0.3, 0.4) is 0 Å². The van der Waals surface area contributed by atoms with Gasteiger partial charge in [0.15, 0.2) is 0 Å². The fourth-order valence-corrected chi connectivity index (χ4v) is 4.86. The number of carbonyl (C=O) groups excluding carboxylic acids is 1. The first kappa shape index (κ1) is 26.8. The van der Waals surface area contributed by atoms with Gasteiger partial charge >= 0.3 is 0 Å². The quantitative estimate of drug-likeness (QED) is 0.184.